The molecule has 1 aromatic rings. The average molecular weight is 289 g/mol. The van der Waals surface area contributed by atoms with Crippen molar-refractivity contribution in [2.75, 3.05) is 33.8 Å². The molecule has 1 heterocycles. The molecule has 3 atom stereocenters. The van der Waals surface area contributed by atoms with E-state index in [-0.39, 0.29) is 6.04 Å². The molecule has 0 aromatic heterocycles. The van der Waals surface area contributed by atoms with Gasteiger partial charge < -0.3 is 15.4 Å². The molecule has 0 amide bonds. The summed E-state index contributed by atoms with van der Waals surface area (Å²) in [7, 11) is 3.93. The van der Waals surface area contributed by atoms with Crippen LogP contribution in [0.4, 0.5) is 0 Å². The summed E-state index contributed by atoms with van der Waals surface area (Å²) in [6.07, 6.45) is 2.29. The van der Waals surface area contributed by atoms with E-state index in [4.69, 9.17) is 10.5 Å². The molecule has 0 saturated carbocycles. The van der Waals surface area contributed by atoms with Gasteiger partial charge in [-0.05, 0) is 50.1 Å². The summed E-state index contributed by atoms with van der Waals surface area (Å²) in [6, 6.07) is 7.52. The van der Waals surface area contributed by atoms with E-state index in [1.165, 1.54) is 11.1 Å². The van der Waals surface area contributed by atoms with Crippen molar-refractivity contribution in [2.45, 2.75) is 37.9 Å². The van der Waals surface area contributed by atoms with Gasteiger partial charge in [-0.3, -0.25) is 4.90 Å². The summed E-state index contributed by atoms with van der Waals surface area (Å²) in [5.74, 6) is 0.914. The molecule has 4 nitrogen and oxygen atoms in total. The fraction of sp³-hybridized carbons (Fsp3) is 0.647. The highest BCUT2D eigenvalue weighted by Crippen LogP contribution is 2.34. The number of fused-ring (bicyclic) bond motifs is 1. The maximum atomic E-state index is 6.61. The molecule has 1 aromatic carbocycles. The van der Waals surface area contributed by atoms with Crippen molar-refractivity contribution in [2.24, 2.45) is 5.73 Å². The molecular weight excluding hydrogens is 262 g/mol. The van der Waals surface area contributed by atoms with Gasteiger partial charge >= 0.3 is 0 Å². The van der Waals surface area contributed by atoms with Crippen LogP contribution >= 0.6 is 0 Å². The predicted molar refractivity (Wildman–Crippen MR) is 85.7 cm³/mol. The van der Waals surface area contributed by atoms with E-state index >= 15 is 0 Å². The minimum absolute atomic E-state index is 0.0967. The zero-order chi connectivity index (χ0) is 15.0. The number of methoxy groups -OCH3 is 1. The maximum Gasteiger partial charge on any atom is 0.119 e. The number of hydrogen-bond donors (Lipinski definition) is 1. The lowest BCUT2D eigenvalue weighted by atomic mass is 9.83. The number of piperazine rings is 1. The number of likely N-dealkylation sites (N-methyl/N-ethyl adjacent to an activating group) is 1. The van der Waals surface area contributed by atoms with Gasteiger partial charge in [-0.15, -0.1) is 0 Å². The van der Waals surface area contributed by atoms with Crippen LogP contribution in [0.3, 0.4) is 0 Å². The lowest BCUT2D eigenvalue weighted by Crippen LogP contribution is -2.56. The van der Waals surface area contributed by atoms with Gasteiger partial charge in [0.2, 0.25) is 0 Å². The third-order valence-electron chi connectivity index (χ3n) is 5.30. The second-order valence-corrected chi connectivity index (χ2v) is 6.52. The van der Waals surface area contributed by atoms with Crippen molar-refractivity contribution in [1.29, 1.82) is 0 Å². The van der Waals surface area contributed by atoms with Crippen molar-refractivity contribution < 1.29 is 4.74 Å². The van der Waals surface area contributed by atoms with Gasteiger partial charge in [0.25, 0.3) is 0 Å². The second kappa shape index (κ2) is 5.95. The summed E-state index contributed by atoms with van der Waals surface area (Å²) in [4.78, 5) is 5.03. The van der Waals surface area contributed by atoms with E-state index in [1.54, 1.807) is 7.11 Å². The molecule has 2 N–H and O–H groups in total. The first kappa shape index (κ1) is 14.8. The van der Waals surface area contributed by atoms with Gasteiger partial charge in [-0.2, -0.15) is 0 Å². The molecule has 1 fully saturated rings. The molecule has 3 unspecified atom stereocenters. The molecule has 1 aliphatic heterocycles. The van der Waals surface area contributed by atoms with Crippen LogP contribution in [0.25, 0.3) is 0 Å². The fourth-order valence-electron chi connectivity index (χ4n) is 3.72. The van der Waals surface area contributed by atoms with Gasteiger partial charge in [-0.25, -0.2) is 0 Å². The average Bonchev–Trinajstić information content (AvgIpc) is 2.50. The van der Waals surface area contributed by atoms with E-state index in [2.05, 4.69) is 35.9 Å². The van der Waals surface area contributed by atoms with Crippen LogP contribution in [0, 0.1) is 0 Å². The topological polar surface area (TPSA) is 41.7 Å². The minimum atomic E-state index is 0.0967. The number of rotatable bonds is 2. The number of ether oxygens (including phenoxy) is 1. The molecule has 2 aliphatic rings. The zero-order valence-electron chi connectivity index (χ0n) is 13.4. The molecule has 0 bridgehead atoms. The van der Waals surface area contributed by atoms with Crippen LogP contribution in [0.5, 0.6) is 5.75 Å². The van der Waals surface area contributed by atoms with E-state index in [9.17, 15) is 0 Å². The number of aryl methyl sites for hydroxylation is 1. The van der Waals surface area contributed by atoms with Crippen molar-refractivity contribution in [3.05, 3.63) is 29.3 Å². The Morgan fingerprint density at radius 3 is 2.81 bits per heavy atom. The van der Waals surface area contributed by atoms with Crippen LogP contribution in [0.15, 0.2) is 18.2 Å². The molecule has 4 heteroatoms. The summed E-state index contributed by atoms with van der Waals surface area (Å²) < 4.78 is 5.36. The zero-order valence-corrected chi connectivity index (χ0v) is 13.4. The Balaban J connectivity index is 1.80. The van der Waals surface area contributed by atoms with Crippen LogP contribution < -0.4 is 10.5 Å². The number of benzene rings is 1. The third-order valence-corrected chi connectivity index (χ3v) is 5.30. The lowest BCUT2D eigenvalue weighted by molar-refractivity contribution is 0.0560. The van der Waals surface area contributed by atoms with Crippen molar-refractivity contribution in [1.82, 2.24) is 9.80 Å². The van der Waals surface area contributed by atoms with Gasteiger partial charge in [0.15, 0.2) is 0 Å². The Kier molecular flexibility index (Phi) is 4.20. The molecule has 3 rings (SSSR count). The van der Waals surface area contributed by atoms with Crippen molar-refractivity contribution in [3.8, 4) is 5.75 Å². The molecule has 116 valence electrons. The Morgan fingerprint density at radius 1 is 1.29 bits per heavy atom. The largest absolute Gasteiger partial charge is 0.497 e. The highest BCUT2D eigenvalue weighted by atomic mass is 16.5. The first-order chi connectivity index (χ1) is 10.1. The monoisotopic (exact) mass is 289 g/mol. The third kappa shape index (κ3) is 2.80. The number of hydrogen-bond acceptors (Lipinski definition) is 4. The number of nitrogens with two attached hydrogens (primary N) is 1. The van der Waals surface area contributed by atoms with Gasteiger partial charge in [-0.1, -0.05) is 6.07 Å². The van der Waals surface area contributed by atoms with Crippen LogP contribution in [0.1, 0.15) is 30.5 Å². The normalized spacial score (nSPS) is 31.0. The smallest absolute Gasteiger partial charge is 0.119 e. The van der Waals surface area contributed by atoms with Crippen LogP contribution in [-0.2, 0) is 6.42 Å². The Morgan fingerprint density at radius 2 is 2.10 bits per heavy atom. The van der Waals surface area contributed by atoms with E-state index in [0.717, 1.165) is 38.2 Å². The van der Waals surface area contributed by atoms with E-state index < -0.39 is 0 Å². The maximum absolute atomic E-state index is 6.61. The predicted octanol–water partition coefficient (Wildman–Crippen LogP) is 1.65. The summed E-state index contributed by atoms with van der Waals surface area (Å²) in [6.45, 7) is 5.68. The first-order valence-electron chi connectivity index (χ1n) is 7.97. The first-order valence-corrected chi connectivity index (χ1v) is 7.97. The second-order valence-electron chi connectivity index (χ2n) is 6.52. The molecule has 0 spiro atoms. The van der Waals surface area contributed by atoms with Crippen LogP contribution in [0.2, 0.25) is 0 Å². The molecule has 1 saturated heterocycles. The van der Waals surface area contributed by atoms with Crippen molar-refractivity contribution in [3.63, 3.8) is 0 Å². The quantitative estimate of drug-likeness (QED) is 0.899. The fourth-order valence-corrected chi connectivity index (χ4v) is 3.72. The molecule has 0 radical (unpaired) electrons. The highest BCUT2D eigenvalue weighted by molar-refractivity contribution is 5.40. The molecule has 1 aliphatic carbocycles. The lowest BCUT2D eigenvalue weighted by Gasteiger charge is -2.45. The SMILES string of the molecule is COc1ccc2c(c1)C(N)C(N1CCN(C)C(C)C1)CC2. The van der Waals surface area contributed by atoms with Gasteiger partial charge in [0.1, 0.15) is 5.75 Å². The van der Waals surface area contributed by atoms with Crippen molar-refractivity contribution >= 4 is 0 Å². The minimum Gasteiger partial charge on any atom is -0.497 e. The standard InChI is InChI=1S/C17H27N3O/c1-12-11-20(9-8-19(12)2)16-7-5-13-4-6-14(21-3)10-15(13)17(16)18/h4,6,10,12,16-17H,5,7-9,11,18H2,1-3H3. The summed E-state index contributed by atoms with van der Waals surface area (Å²) in [5.41, 5.74) is 9.28. The van der Waals surface area contributed by atoms with Gasteiger partial charge in [0.05, 0.1) is 7.11 Å². The van der Waals surface area contributed by atoms with E-state index in [0.29, 0.717) is 12.1 Å². The molecule has 21 heavy (non-hydrogen) atoms. The Bertz CT molecular complexity index is 505. The van der Waals surface area contributed by atoms with E-state index in [1.807, 2.05) is 6.07 Å². The number of nitrogens with zero attached hydrogens (tertiary/aromatic N) is 2. The van der Waals surface area contributed by atoms with Gasteiger partial charge in [0, 0.05) is 37.8 Å². The van der Waals surface area contributed by atoms with Crippen LogP contribution in [-0.4, -0.2) is 55.7 Å². The Labute approximate surface area is 127 Å². The highest BCUT2D eigenvalue weighted by Gasteiger charge is 2.34. The Hall–Kier alpha value is -1.10. The summed E-state index contributed by atoms with van der Waals surface area (Å²) in [5, 5.41) is 0. The molecular formula is C17H27N3O. The summed E-state index contributed by atoms with van der Waals surface area (Å²) >= 11 is 0.